The lowest BCUT2D eigenvalue weighted by Crippen LogP contribution is -2.35. The lowest BCUT2D eigenvalue weighted by Gasteiger charge is -2.14. The summed E-state index contributed by atoms with van der Waals surface area (Å²) in [6.07, 6.45) is 3.52. The number of carbonyl (C=O) groups excluding carboxylic acids is 1. The molecule has 0 saturated carbocycles. The third-order valence-corrected chi connectivity index (χ3v) is 5.65. The van der Waals surface area contributed by atoms with Crippen LogP contribution < -0.4 is 5.32 Å². The lowest BCUT2D eigenvalue weighted by molar-refractivity contribution is -0.119. The summed E-state index contributed by atoms with van der Waals surface area (Å²) >= 11 is 1.41. The number of aromatic nitrogens is 3. The standard InChI is InChI=1S/C21H26N4O2S/c1-4-17(5-2)22-19(26)14-28-21-24-23-20(18-11-12-27-15(18)3)25(21)13-16-9-7-6-8-10-16/h6-12,17H,4-5,13-14H2,1-3H3,(H,22,26). The zero-order valence-electron chi connectivity index (χ0n) is 16.5. The monoisotopic (exact) mass is 398 g/mol. The fraction of sp³-hybridized carbons (Fsp3) is 0.381. The topological polar surface area (TPSA) is 73.0 Å². The van der Waals surface area contributed by atoms with E-state index in [9.17, 15) is 4.79 Å². The second kappa shape index (κ2) is 9.59. The first kappa shape index (κ1) is 20.2. The van der Waals surface area contributed by atoms with Gasteiger partial charge in [0.2, 0.25) is 5.91 Å². The summed E-state index contributed by atoms with van der Waals surface area (Å²) in [6.45, 7) is 6.70. The molecule has 1 amide bonds. The summed E-state index contributed by atoms with van der Waals surface area (Å²) < 4.78 is 7.49. The molecule has 28 heavy (non-hydrogen) atoms. The van der Waals surface area contributed by atoms with Crippen molar-refractivity contribution in [2.45, 2.75) is 51.4 Å². The molecule has 0 atom stereocenters. The third-order valence-electron chi connectivity index (χ3n) is 4.68. The first-order valence-electron chi connectivity index (χ1n) is 9.56. The molecular weight excluding hydrogens is 372 g/mol. The zero-order valence-corrected chi connectivity index (χ0v) is 17.3. The molecule has 0 spiro atoms. The summed E-state index contributed by atoms with van der Waals surface area (Å²) in [5, 5.41) is 12.5. The van der Waals surface area contributed by atoms with E-state index in [0.717, 1.165) is 40.7 Å². The second-order valence-electron chi connectivity index (χ2n) is 6.64. The molecule has 0 saturated heterocycles. The number of furan rings is 1. The maximum absolute atomic E-state index is 12.3. The van der Waals surface area contributed by atoms with Crippen molar-refractivity contribution in [2.75, 3.05) is 5.75 Å². The highest BCUT2D eigenvalue weighted by molar-refractivity contribution is 7.99. The molecule has 1 N–H and O–H groups in total. The van der Waals surface area contributed by atoms with Crippen LogP contribution in [-0.2, 0) is 11.3 Å². The Morgan fingerprint density at radius 1 is 1.18 bits per heavy atom. The number of hydrogen-bond donors (Lipinski definition) is 1. The molecule has 0 radical (unpaired) electrons. The van der Waals surface area contributed by atoms with Crippen LogP contribution in [0.15, 0.2) is 52.2 Å². The number of nitrogens with zero attached hydrogens (tertiary/aromatic N) is 3. The van der Waals surface area contributed by atoms with Crippen molar-refractivity contribution in [2.24, 2.45) is 0 Å². The number of aryl methyl sites for hydroxylation is 1. The van der Waals surface area contributed by atoms with Crippen LogP contribution in [0.4, 0.5) is 0 Å². The van der Waals surface area contributed by atoms with Crippen LogP contribution >= 0.6 is 11.8 Å². The molecule has 0 unspecified atom stereocenters. The number of rotatable bonds is 9. The van der Waals surface area contributed by atoms with Crippen molar-refractivity contribution in [3.8, 4) is 11.4 Å². The Balaban J connectivity index is 1.81. The fourth-order valence-corrected chi connectivity index (χ4v) is 3.76. The molecule has 2 heterocycles. The van der Waals surface area contributed by atoms with E-state index in [0.29, 0.717) is 12.3 Å². The van der Waals surface area contributed by atoms with Gasteiger partial charge in [0.1, 0.15) is 5.76 Å². The number of carbonyl (C=O) groups is 1. The van der Waals surface area contributed by atoms with Gasteiger partial charge in [0, 0.05) is 6.04 Å². The number of hydrogen-bond acceptors (Lipinski definition) is 5. The minimum atomic E-state index is 0.0222. The normalized spacial score (nSPS) is 11.1. The van der Waals surface area contributed by atoms with Gasteiger partial charge in [-0.2, -0.15) is 0 Å². The van der Waals surface area contributed by atoms with Crippen molar-refractivity contribution < 1.29 is 9.21 Å². The number of thioether (sulfide) groups is 1. The first-order chi connectivity index (χ1) is 13.6. The first-order valence-corrected chi connectivity index (χ1v) is 10.5. The van der Waals surface area contributed by atoms with Gasteiger partial charge >= 0.3 is 0 Å². The van der Waals surface area contributed by atoms with Crippen LogP contribution in [0, 0.1) is 6.92 Å². The number of benzene rings is 1. The van der Waals surface area contributed by atoms with Crippen molar-refractivity contribution in [1.82, 2.24) is 20.1 Å². The lowest BCUT2D eigenvalue weighted by atomic mass is 10.2. The fourth-order valence-electron chi connectivity index (χ4n) is 3.01. The molecule has 2 aromatic heterocycles. The van der Waals surface area contributed by atoms with Crippen LogP contribution in [0.3, 0.4) is 0 Å². The highest BCUT2D eigenvalue weighted by Gasteiger charge is 2.19. The Morgan fingerprint density at radius 2 is 1.93 bits per heavy atom. The number of nitrogens with one attached hydrogen (secondary N) is 1. The predicted molar refractivity (Wildman–Crippen MR) is 111 cm³/mol. The van der Waals surface area contributed by atoms with Crippen molar-refractivity contribution >= 4 is 17.7 Å². The van der Waals surface area contributed by atoms with Gasteiger partial charge in [-0.15, -0.1) is 10.2 Å². The Kier molecular flexibility index (Phi) is 6.92. The van der Waals surface area contributed by atoms with Crippen LogP contribution in [0.25, 0.3) is 11.4 Å². The van der Waals surface area contributed by atoms with Crippen LogP contribution in [0.5, 0.6) is 0 Å². The molecule has 6 nitrogen and oxygen atoms in total. The molecule has 0 aliphatic heterocycles. The van der Waals surface area contributed by atoms with Gasteiger partial charge in [0.25, 0.3) is 0 Å². The quantitative estimate of drug-likeness (QED) is 0.544. The summed E-state index contributed by atoms with van der Waals surface area (Å²) in [5.74, 6) is 1.88. The minimum Gasteiger partial charge on any atom is -0.469 e. The SMILES string of the molecule is CCC(CC)NC(=O)CSc1nnc(-c2ccoc2C)n1Cc1ccccc1. The summed E-state index contributed by atoms with van der Waals surface area (Å²) in [6, 6.07) is 12.3. The smallest absolute Gasteiger partial charge is 0.230 e. The summed E-state index contributed by atoms with van der Waals surface area (Å²) in [4.78, 5) is 12.3. The molecule has 3 aromatic rings. The van der Waals surface area contributed by atoms with E-state index in [-0.39, 0.29) is 11.9 Å². The van der Waals surface area contributed by atoms with Crippen molar-refractivity contribution in [3.63, 3.8) is 0 Å². The molecule has 0 bridgehead atoms. The van der Waals surface area contributed by atoms with Gasteiger partial charge in [0.15, 0.2) is 11.0 Å². The van der Waals surface area contributed by atoms with E-state index in [1.165, 1.54) is 11.8 Å². The zero-order chi connectivity index (χ0) is 19.9. The average molecular weight is 399 g/mol. The third kappa shape index (κ3) is 4.84. The summed E-state index contributed by atoms with van der Waals surface area (Å²) in [7, 11) is 0. The Bertz CT molecular complexity index is 900. The Morgan fingerprint density at radius 3 is 2.57 bits per heavy atom. The number of amides is 1. The highest BCUT2D eigenvalue weighted by Crippen LogP contribution is 2.28. The van der Waals surface area contributed by atoms with Crippen LogP contribution in [0.2, 0.25) is 0 Å². The molecule has 0 fully saturated rings. The van der Waals surface area contributed by atoms with Crippen LogP contribution in [0.1, 0.15) is 38.0 Å². The van der Waals surface area contributed by atoms with Gasteiger partial charge in [-0.3, -0.25) is 9.36 Å². The van der Waals surface area contributed by atoms with Gasteiger partial charge < -0.3 is 9.73 Å². The van der Waals surface area contributed by atoms with Gasteiger partial charge in [-0.05, 0) is 31.4 Å². The van der Waals surface area contributed by atoms with E-state index >= 15 is 0 Å². The molecule has 0 aliphatic rings. The molecule has 1 aromatic carbocycles. The largest absolute Gasteiger partial charge is 0.469 e. The predicted octanol–water partition coefficient (Wildman–Crippen LogP) is 4.29. The maximum atomic E-state index is 12.3. The van der Waals surface area contributed by atoms with Crippen LogP contribution in [-0.4, -0.2) is 32.5 Å². The van der Waals surface area contributed by atoms with Crippen molar-refractivity contribution in [3.05, 3.63) is 54.0 Å². The molecular formula is C21H26N4O2S. The van der Waals surface area contributed by atoms with Gasteiger partial charge in [0.05, 0.1) is 24.1 Å². The van der Waals surface area contributed by atoms with E-state index in [1.807, 2.05) is 35.8 Å². The molecule has 0 aliphatic carbocycles. The Labute approximate surface area is 169 Å². The maximum Gasteiger partial charge on any atom is 0.230 e. The van der Waals surface area contributed by atoms with Gasteiger partial charge in [-0.1, -0.05) is 55.9 Å². The molecule has 3 rings (SSSR count). The Hall–Kier alpha value is -2.54. The molecule has 148 valence electrons. The highest BCUT2D eigenvalue weighted by atomic mass is 32.2. The van der Waals surface area contributed by atoms with E-state index in [4.69, 9.17) is 4.42 Å². The van der Waals surface area contributed by atoms with E-state index < -0.39 is 0 Å². The molecule has 7 heteroatoms. The van der Waals surface area contributed by atoms with E-state index in [1.54, 1.807) is 6.26 Å². The average Bonchev–Trinajstić information content (AvgIpc) is 3.31. The van der Waals surface area contributed by atoms with Crippen molar-refractivity contribution in [1.29, 1.82) is 0 Å². The summed E-state index contributed by atoms with van der Waals surface area (Å²) in [5.41, 5.74) is 2.06. The van der Waals surface area contributed by atoms with E-state index in [2.05, 4.69) is 41.5 Å². The minimum absolute atomic E-state index is 0.0222. The van der Waals surface area contributed by atoms with Gasteiger partial charge in [-0.25, -0.2) is 0 Å². The second-order valence-corrected chi connectivity index (χ2v) is 7.58.